The van der Waals surface area contributed by atoms with E-state index in [1.807, 2.05) is 17.9 Å². The van der Waals surface area contributed by atoms with Gasteiger partial charge in [0.25, 0.3) is 11.5 Å². The van der Waals surface area contributed by atoms with E-state index in [4.69, 9.17) is 0 Å². The molecular weight excluding hydrogens is 366 g/mol. The first-order valence-electron chi connectivity index (χ1n) is 10.1. The molecule has 3 aromatic rings. The van der Waals surface area contributed by atoms with Gasteiger partial charge >= 0.3 is 0 Å². The van der Waals surface area contributed by atoms with E-state index in [0.717, 1.165) is 25.2 Å². The summed E-state index contributed by atoms with van der Waals surface area (Å²) in [6.45, 7) is 7.02. The Balaban J connectivity index is 1.58. The van der Waals surface area contributed by atoms with Gasteiger partial charge in [0.15, 0.2) is 5.65 Å². The SMILES string of the molecule is CCC1CN(C(=O)c2cc(C)nc3c2c(=O)[nH]n3C)CCN1Cc1ccccc1. The lowest BCUT2D eigenvalue weighted by Crippen LogP contribution is -2.54. The number of amides is 1. The number of hydrogen-bond acceptors (Lipinski definition) is 4. The Morgan fingerprint density at radius 1 is 1.24 bits per heavy atom. The van der Waals surface area contributed by atoms with Gasteiger partial charge in [0, 0.05) is 45.0 Å². The van der Waals surface area contributed by atoms with E-state index < -0.39 is 0 Å². The minimum Gasteiger partial charge on any atom is -0.336 e. The number of nitrogens with zero attached hydrogens (tertiary/aromatic N) is 4. The lowest BCUT2D eigenvalue weighted by Gasteiger charge is -2.41. The Hall–Kier alpha value is -2.93. The Kier molecular flexibility index (Phi) is 5.24. The summed E-state index contributed by atoms with van der Waals surface area (Å²) in [6, 6.07) is 12.5. The lowest BCUT2D eigenvalue weighted by atomic mass is 10.0. The van der Waals surface area contributed by atoms with Gasteiger partial charge in [-0.15, -0.1) is 0 Å². The second kappa shape index (κ2) is 7.83. The van der Waals surface area contributed by atoms with Gasteiger partial charge in [-0.2, -0.15) is 0 Å². The summed E-state index contributed by atoms with van der Waals surface area (Å²) in [5.74, 6) is -0.0880. The van der Waals surface area contributed by atoms with Crippen molar-refractivity contribution in [2.75, 3.05) is 19.6 Å². The minimum atomic E-state index is -0.270. The summed E-state index contributed by atoms with van der Waals surface area (Å²) >= 11 is 0. The van der Waals surface area contributed by atoms with Gasteiger partial charge < -0.3 is 4.90 Å². The van der Waals surface area contributed by atoms with Crippen LogP contribution >= 0.6 is 0 Å². The van der Waals surface area contributed by atoms with Gasteiger partial charge in [0.1, 0.15) is 0 Å². The molecule has 1 fully saturated rings. The number of aryl methyl sites for hydroxylation is 2. The topological polar surface area (TPSA) is 74.2 Å². The molecule has 0 spiro atoms. The lowest BCUT2D eigenvalue weighted by molar-refractivity contribution is 0.0452. The molecule has 1 unspecified atom stereocenters. The molecule has 3 heterocycles. The van der Waals surface area contributed by atoms with Gasteiger partial charge in [0.05, 0.1) is 10.9 Å². The number of benzene rings is 1. The van der Waals surface area contributed by atoms with E-state index in [1.165, 1.54) is 5.56 Å². The molecule has 4 rings (SSSR count). The maximum Gasteiger partial charge on any atom is 0.274 e. The van der Waals surface area contributed by atoms with E-state index >= 15 is 0 Å². The van der Waals surface area contributed by atoms with Crippen molar-refractivity contribution in [3.05, 3.63) is 63.6 Å². The second-order valence-electron chi connectivity index (χ2n) is 7.78. The summed E-state index contributed by atoms with van der Waals surface area (Å²) in [5.41, 5.74) is 2.71. The molecule has 1 atom stereocenters. The standard InChI is InChI=1S/C22H27N5O2/c1-4-17-14-27(11-10-26(17)13-16-8-6-5-7-9-16)22(29)18-12-15(2)23-20-19(18)21(28)24-25(20)3/h5-9,12,17H,4,10-11,13-14H2,1-3H3,(H,24,28). The zero-order chi connectivity index (χ0) is 20.5. The number of pyridine rings is 1. The molecule has 1 saturated heterocycles. The zero-order valence-corrected chi connectivity index (χ0v) is 17.2. The van der Waals surface area contributed by atoms with Crippen LogP contribution in [0.2, 0.25) is 0 Å². The number of nitrogens with one attached hydrogen (secondary N) is 1. The molecule has 7 nitrogen and oxygen atoms in total. The molecule has 0 radical (unpaired) electrons. The van der Waals surface area contributed by atoms with Gasteiger partial charge in [-0.1, -0.05) is 37.3 Å². The van der Waals surface area contributed by atoms with Crippen molar-refractivity contribution < 1.29 is 4.79 Å². The third-order valence-corrected chi connectivity index (χ3v) is 5.76. The Labute approximate surface area is 169 Å². The van der Waals surface area contributed by atoms with Crippen LogP contribution in [0.15, 0.2) is 41.2 Å². The number of rotatable bonds is 4. The Morgan fingerprint density at radius 3 is 2.72 bits per heavy atom. The molecule has 1 aliphatic rings. The molecule has 152 valence electrons. The number of aromatic amines is 1. The van der Waals surface area contributed by atoms with Gasteiger partial charge in [0.2, 0.25) is 0 Å². The first-order valence-corrected chi connectivity index (χ1v) is 10.1. The largest absolute Gasteiger partial charge is 0.336 e. The normalized spacial score (nSPS) is 17.8. The number of piperazine rings is 1. The van der Waals surface area contributed by atoms with Crippen molar-refractivity contribution in [3.63, 3.8) is 0 Å². The van der Waals surface area contributed by atoms with Gasteiger partial charge in [-0.3, -0.25) is 24.3 Å². The van der Waals surface area contributed by atoms with Crippen LogP contribution in [0, 0.1) is 6.92 Å². The Bertz CT molecular complexity index is 1090. The summed E-state index contributed by atoms with van der Waals surface area (Å²) < 4.78 is 1.58. The van der Waals surface area contributed by atoms with E-state index in [1.54, 1.807) is 17.8 Å². The van der Waals surface area contributed by atoms with Crippen LogP contribution in [0.3, 0.4) is 0 Å². The molecule has 0 saturated carbocycles. The maximum atomic E-state index is 13.4. The van der Waals surface area contributed by atoms with Crippen molar-refractivity contribution in [3.8, 4) is 0 Å². The molecule has 1 aromatic carbocycles. The Morgan fingerprint density at radius 2 is 2.00 bits per heavy atom. The zero-order valence-electron chi connectivity index (χ0n) is 17.2. The average Bonchev–Trinajstić information content (AvgIpc) is 3.01. The summed E-state index contributed by atoms with van der Waals surface area (Å²) in [5, 5.41) is 3.09. The van der Waals surface area contributed by atoms with Crippen LogP contribution in [0.25, 0.3) is 11.0 Å². The highest BCUT2D eigenvalue weighted by Crippen LogP contribution is 2.21. The number of hydrogen-bond donors (Lipinski definition) is 1. The number of fused-ring (bicyclic) bond motifs is 1. The summed E-state index contributed by atoms with van der Waals surface area (Å²) in [7, 11) is 1.74. The maximum absolute atomic E-state index is 13.4. The highest BCUT2D eigenvalue weighted by Gasteiger charge is 2.30. The van der Waals surface area contributed by atoms with E-state index in [2.05, 4.69) is 46.2 Å². The highest BCUT2D eigenvalue weighted by atomic mass is 16.2. The first kappa shape index (κ1) is 19.4. The summed E-state index contributed by atoms with van der Waals surface area (Å²) in [4.78, 5) is 34.5. The smallest absolute Gasteiger partial charge is 0.274 e. The van der Waals surface area contributed by atoms with E-state index in [0.29, 0.717) is 35.7 Å². The van der Waals surface area contributed by atoms with E-state index in [-0.39, 0.29) is 11.5 Å². The predicted molar refractivity (Wildman–Crippen MR) is 113 cm³/mol. The average molecular weight is 393 g/mol. The highest BCUT2D eigenvalue weighted by molar-refractivity contribution is 6.05. The van der Waals surface area contributed by atoms with Gasteiger partial charge in [-0.05, 0) is 25.0 Å². The number of H-pyrrole nitrogens is 1. The first-order chi connectivity index (χ1) is 14.0. The van der Waals surface area contributed by atoms with E-state index in [9.17, 15) is 9.59 Å². The van der Waals surface area contributed by atoms with Crippen molar-refractivity contribution in [1.29, 1.82) is 0 Å². The fourth-order valence-corrected chi connectivity index (χ4v) is 4.21. The third kappa shape index (κ3) is 3.70. The van der Waals surface area contributed by atoms with Crippen LogP contribution < -0.4 is 5.56 Å². The van der Waals surface area contributed by atoms with Crippen molar-refractivity contribution >= 4 is 16.9 Å². The van der Waals surface area contributed by atoms with Crippen LogP contribution in [0.4, 0.5) is 0 Å². The minimum absolute atomic E-state index is 0.0880. The number of carbonyl (C=O) groups is 1. The molecule has 29 heavy (non-hydrogen) atoms. The fraction of sp³-hybridized carbons (Fsp3) is 0.409. The number of carbonyl (C=O) groups excluding carboxylic acids is 1. The van der Waals surface area contributed by atoms with Crippen LogP contribution in [-0.2, 0) is 13.6 Å². The molecule has 2 aromatic heterocycles. The monoisotopic (exact) mass is 393 g/mol. The second-order valence-corrected chi connectivity index (χ2v) is 7.78. The number of aromatic nitrogens is 3. The molecule has 1 N–H and O–H groups in total. The summed E-state index contributed by atoms with van der Waals surface area (Å²) in [6.07, 6.45) is 0.966. The molecule has 1 aliphatic heterocycles. The van der Waals surface area contributed by atoms with Crippen LogP contribution in [0.5, 0.6) is 0 Å². The van der Waals surface area contributed by atoms with Crippen molar-refractivity contribution in [2.24, 2.45) is 7.05 Å². The van der Waals surface area contributed by atoms with Crippen LogP contribution in [0.1, 0.15) is 35.0 Å². The predicted octanol–water partition coefficient (Wildman–Crippen LogP) is 2.31. The van der Waals surface area contributed by atoms with Crippen molar-refractivity contribution in [1.82, 2.24) is 24.6 Å². The molecular formula is C22H27N5O2. The third-order valence-electron chi connectivity index (χ3n) is 5.76. The van der Waals surface area contributed by atoms with Crippen LogP contribution in [-0.4, -0.2) is 56.1 Å². The van der Waals surface area contributed by atoms with Crippen molar-refractivity contribution in [2.45, 2.75) is 32.9 Å². The fourth-order valence-electron chi connectivity index (χ4n) is 4.21. The van der Waals surface area contributed by atoms with Gasteiger partial charge in [-0.25, -0.2) is 4.98 Å². The molecule has 0 bridgehead atoms. The molecule has 1 amide bonds. The quantitative estimate of drug-likeness (QED) is 0.738. The molecule has 7 heteroatoms. The molecule has 0 aliphatic carbocycles.